The highest BCUT2D eigenvalue weighted by Crippen LogP contribution is 2.35. The van der Waals surface area contributed by atoms with Crippen molar-refractivity contribution in [2.24, 2.45) is 7.05 Å². The number of thioether (sulfide) groups is 1. The van der Waals surface area contributed by atoms with Gasteiger partial charge in [-0.3, -0.25) is 0 Å². The smallest absolute Gasteiger partial charge is 0.201 e. The van der Waals surface area contributed by atoms with E-state index in [4.69, 9.17) is 13.7 Å². The Labute approximate surface area is 188 Å². The Hall–Kier alpha value is -2.06. The fourth-order valence-corrected chi connectivity index (χ4v) is 4.25. The van der Waals surface area contributed by atoms with Gasteiger partial charge in [-0.2, -0.15) is 0 Å². The molecule has 0 spiro atoms. The number of nitrogens with zero attached hydrogens (tertiary/aromatic N) is 1. The van der Waals surface area contributed by atoms with E-state index in [0.717, 1.165) is 11.1 Å². The lowest BCUT2D eigenvalue weighted by atomic mass is 9.93. The van der Waals surface area contributed by atoms with Crippen LogP contribution in [0.15, 0.2) is 59.6 Å². The summed E-state index contributed by atoms with van der Waals surface area (Å²) in [6.07, 6.45) is 1.42. The minimum Gasteiger partial charge on any atom is -0.201 e. The van der Waals surface area contributed by atoms with Crippen molar-refractivity contribution < 1.29 is 18.3 Å². The van der Waals surface area contributed by atoms with Crippen molar-refractivity contribution in [1.82, 2.24) is 0 Å². The summed E-state index contributed by atoms with van der Waals surface area (Å²) in [7, 11) is 1.67. The van der Waals surface area contributed by atoms with Gasteiger partial charge in [0.2, 0.25) is 5.69 Å². The Balaban J connectivity index is 2.39. The number of aryl methyl sites for hydroxylation is 3. The molecule has 1 nitrogen and oxygen atoms in total. The molecular weight excluding hydrogens is 358 g/mol. The van der Waals surface area contributed by atoms with Crippen LogP contribution in [0.4, 0.5) is 0 Å². The van der Waals surface area contributed by atoms with E-state index in [2.05, 4.69) is 0 Å². The standard InChI is InChI=1S/C26H32NS/c1-17(2)24-16-27(7)25(15-26(24)28-18(3)4)23-14-22(19(5)13-20(23)6)21-11-9-8-10-12-21/h8-18H,1-7H3/q+1/i1D3,2D3,5D3,17D. The van der Waals surface area contributed by atoms with Crippen LogP contribution < -0.4 is 4.57 Å². The number of aromatic nitrogens is 1. The highest BCUT2D eigenvalue weighted by atomic mass is 32.2. The van der Waals surface area contributed by atoms with Gasteiger partial charge in [0.05, 0.1) is 0 Å². The summed E-state index contributed by atoms with van der Waals surface area (Å²) in [6.45, 7) is -2.96. The molecule has 0 fully saturated rings. The molecule has 0 aliphatic carbocycles. The minimum absolute atomic E-state index is 0.0225. The molecule has 0 saturated heterocycles. The lowest BCUT2D eigenvalue weighted by molar-refractivity contribution is -0.661. The van der Waals surface area contributed by atoms with Crippen molar-refractivity contribution in [3.8, 4) is 22.4 Å². The van der Waals surface area contributed by atoms with Crippen molar-refractivity contribution in [2.45, 2.75) is 57.4 Å². The van der Waals surface area contributed by atoms with Crippen LogP contribution in [-0.2, 0) is 7.05 Å². The minimum atomic E-state index is -3.11. The van der Waals surface area contributed by atoms with Crippen LogP contribution in [0.2, 0.25) is 0 Å². The molecule has 0 atom stereocenters. The van der Waals surface area contributed by atoms with Gasteiger partial charge in [0.15, 0.2) is 6.20 Å². The van der Waals surface area contributed by atoms with Crippen molar-refractivity contribution in [3.63, 3.8) is 0 Å². The lowest BCUT2D eigenvalue weighted by Crippen LogP contribution is -2.32. The van der Waals surface area contributed by atoms with Crippen LogP contribution in [0.3, 0.4) is 0 Å². The molecule has 1 aromatic heterocycles. The van der Waals surface area contributed by atoms with Crippen LogP contribution >= 0.6 is 11.8 Å². The van der Waals surface area contributed by atoms with Crippen molar-refractivity contribution >= 4 is 11.8 Å². The zero-order valence-corrected chi connectivity index (χ0v) is 17.4. The summed E-state index contributed by atoms with van der Waals surface area (Å²) in [6, 6.07) is 14.4. The first-order chi connectivity index (χ1) is 17.3. The summed E-state index contributed by atoms with van der Waals surface area (Å²) in [5.41, 5.74) is 3.47. The molecule has 0 aliphatic heterocycles. The van der Waals surface area contributed by atoms with E-state index in [9.17, 15) is 0 Å². The number of hydrogen-bond donors (Lipinski definition) is 0. The number of hydrogen-bond acceptors (Lipinski definition) is 1. The second-order valence-corrected chi connectivity index (χ2v) is 8.79. The highest BCUT2D eigenvalue weighted by Gasteiger charge is 2.21. The Morgan fingerprint density at radius 1 is 1.00 bits per heavy atom. The predicted octanol–water partition coefficient (Wildman–Crippen LogP) is 7.09. The van der Waals surface area contributed by atoms with E-state index in [-0.39, 0.29) is 16.4 Å². The molecule has 0 aliphatic rings. The summed E-state index contributed by atoms with van der Waals surface area (Å²) < 4.78 is 82.7. The first kappa shape index (κ1) is 11.2. The van der Waals surface area contributed by atoms with Gasteiger partial charge in [0.1, 0.15) is 7.05 Å². The van der Waals surface area contributed by atoms with Gasteiger partial charge in [-0.05, 0) is 48.0 Å². The second-order valence-electron chi connectivity index (χ2n) is 7.17. The maximum absolute atomic E-state index is 8.79. The molecule has 2 aromatic carbocycles. The zero-order chi connectivity index (χ0) is 28.8. The van der Waals surface area contributed by atoms with E-state index in [1.165, 1.54) is 18.0 Å². The Morgan fingerprint density at radius 2 is 1.75 bits per heavy atom. The van der Waals surface area contributed by atoms with E-state index in [0.29, 0.717) is 21.7 Å². The van der Waals surface area contributed by atoms with Crippen molar-refractivity contribution in [3.05, 3.63) is 71.4 Å². The second kappa shape index (κ2) is 8.53. The Kier molecular flexibility index (Phi) is 3.41. The molecule has 0 unspecified atom stereocenters. The molecular formula is C26H32NS+. The first-order valence-corrected chi connectivity index (χ1v) is 10.1. The zero-order valence-electron chi connectivity index (χ0n) is 26.6. The largest absolute Gasteiger partial charge is 0.213 e. The maximum atomic E-state index is 8.79. The van der Waals surface area contributed by atoms with E-state index in [1.807, 2.05) is 57.2 Å². The van der Waals surface area contributed by atoms with Crippen LogP contribution in [0.1, 0.15) is 63.8 Å². The molecule has 3 aromatic rings. The first-order valence-electron chi connectivity index (χ1n) is 14.2. The van der Waals surface area contributed by atoms with E-state index in [1.54, 1.807) is 23.7 Å². The topological polar surface area (TPSA) is 3.88 Å². The van der Waals surface area contributed by atoms with Gasteiger partial charge in [-0.15, -0.1) is 11.8 Å². The third-order valence-corrected chi connectivity index (χ3v) is 5.66. The molecule has 0 radical (unpaired) electrons. The summed E-state index contributed by atoms with van der Waals surface area (Å²) >= 11 is 1.29. The Bertz CT molecular complexity index is 1290. The normalized spacial score (nSPS) is 18.5. The maximum Gasteiger partial charge on any atom is 0.213 e. The van der Waals surface area contributed by atoms with Gasteiger partial charge < -0.3 is 0 Å². The SMILES string of the molecule is [2H]C([2H])([2H])c1cc(C)c(-c2cc(SC(C)C)c(C([2H])(C([2H])([2H])[2H])C([2H])([2H])[2H])c[n+]2C)cc1-c1ccccc1. The van der Waals surface area contributed by atoms with Crippen LogP contribution in [0.5, 0.6) is 0 Å². The highest BCUT2D eigenvalue weighted by molar-refractivity contribution is 8.00. The number of rotatable bonds is 5. The van der Waals surface area contributed by atoms with Crippen LogP contribution in [0.25, 0.3) is 22.4 Å². The quantitative estimate of drug-likeness (QED) is 0.327. The lowest BCUT2D eigenvalue weighted by Gasteiger charge is -2.16. The fourth-order valence-electron chi connectivity index (χ4n) is 3.28. The third-order valence-electron chi connectivity index (χ3n) is 4.59. The van der Waals surface area contributed by atoms with Gasteiger partial charge in [-0.1, -0.05) is 63.9 Å². The fraction of sp³-hybridized carbons (Fsp3) is 0.346. The molecule has 0 N–H and O–H groups in total. The van der Waals surface area contributed by atoms with Crippen molar-refractivity contribution in [2.75, 3.05) is 0 Å². The third kappa shape index (κ3) is 4.33. The monoisotopic (exact) mass is 400 g/mol. The molecule has 0 bridgehead atoms. The van der Waals surface area contributed by atoms with Gasteiger partial charge in [-0.25, -0.2) is 4.57 Å². The average Bonchev–Trinajstić information content (AvgIpc) is 2.77. The van der Waals surface area contributed by atoms with Gasteiger partial charge >= 0.3 is 0 Å². The summed E-state index contributed by atoms with van der Waals surface area (Å²) in [5.74, 6) is -2.84. The van der Waals surface area contributed by atoms with Gasteiger partial charge in [0.25, 0.3) is 0 Å². The molecule has 0 amide bonds. The summed E-state index contributed by atoms with van der Waals surface area (Å²) in [5, 5.41) is -0.0225. The predicted molar refractivity (Wildman–Crippen MR) is 123 cm³/mol. The van der Waals surface area contributed by atoms with Gasteiger partial charge in [0, 0.05) is 41.0 Å². The molecule has 146 valence electrons. The van der Waals surface area contributed by atoms with Crippen molar-refractivity contribution in [1.29, 1.82) is 0 Å². The van der Waals surface area contributed by atoms with Crippen LogP contribution in [0, 0.1) is 13.8 Å². The summed E-state index contributed by atoms with van der Waals surface area (Å²) in [4.78, 5) is 0.385. The molecule has 28 heavy (non-hydrogen) atoms. The average molecular weight is 401 g/mol. The molecule has 1 heterocycles. The van der Waals surface area contributed by atoms with E-state index >= 15 is 0 Å². The number of pyridine rings is 1. The molecule has 2 heteroatoms. The van der Waals surface area contributed by atoms with Crippen LogP contribution in [-0.4, -0.2) is 5.25 Å². The molecule has 3 rings (SSSR count). The Morgan fingerprint density at radius 3 is 2.39 bits per heavy atom. The molecule has 0 saturated carbocycles. The van der Waals surface area contributed by atoms with E-state index < -0.39 is 26.4 Å². The number of benzene rings is 2.